The van der Waals surface area contributed by atoms with Crippen molar-refractivity contribution in [3.8, 4) is 0 Å². The number of hydrogen-bond acceptors (Lipinski definition) is 4. The van der Waals surface area contributed by atoms with E-state index in [-0.39, 0.29) is 18.4 Å². The van der Waals surface area contributed by atoms with Crippen molar-refractivity contribution in [2.24, 2.45) is 11.7 Å². The summed E-state index contributed by atoms with van der Waals surface area (Å²) in [5.74, 6) is -0.552. The summed E-state index contributed by atoms with van der Waals surface area (Å²) in [4.78, 5) is 12.1. The molecule has 1 rings (SSSR count). The van der Waals surface area contributed by atoms with Crippen LogP contribution >= 0.6 is 0 Å². The number of ether oxygens (including phenoxy) is 2. The van der Waals surface area contributed by atoms with Crippen molar-refractivity contribution < 1.29 is 14.3 Å². The highest BCUT2D eigenvalue weighted by Gasteiger charge is 2.24. The maximum Gasteiger partial charge on any atom is 0.311 e. The number of carbonyl (C=O) groups excluding carboxylic acids is 1. The fraction of sp³-hybridized carbons (Fsp3) is 0.562. The Kier molecular flexibility index (Phi) is 6.17. The summed E-state index contributed by atoms with van der Waals surface area (Å²) in [7, 11) is 1.66. The second-order valence-corrected chi connectivity index (χ2v) is 5.92. The molecular formula is C16H25NO3. The van der Waals surface area contributed by atoms with Crippen LogP contribution in [0, 0.1) is 5.92 Å². The van der Waals surface area contributed by atoms with Crippen LogP contribution in [0.5, 0.6) is 0 Å². The largest absolute Gasteiger partial charge is 0.460 e. The van der Waals surface area contributed by atoms with Gasteiger partial charge in [-0.1, -0.05) is 24.3 Å². The van der Waals surface area contributed by atoms with E-state index < -0.39 is 5.60 Å². The lowest BCUT2D eigenvalue weighted by Gasteiger charge is -2.23. The molecular weight excluding hydrogens is 254 g/mol. The molecule has 0 saturated heterocycles. The molecule has 0 aliphatic carbocycles. The van der Waals surface area contributed by atoms with Gasteiger partial charge in [0.25, 0.3) is 0 Å². The van der Waals surface area contributed by atoms with Crippen molar-refractivity contribution in [1.29, 1.82) is 0 Å². The molecule has 112 valence electrons. The SMILES string of the molecule is COCc1cccc(CC(CN)C(=O)OC(C)(C)C)c1. The number of methoxy groups -OCH3 is 1. The molecule has 4 heteroatoms. The fourth-order valence-corrected chi connectivity index (χ4v) is 1.95. The minimum absolute atomic E-state index is 0.239. The zero-order chi connectivity index (χ0) is 15.2. The van der Waals surface area contributed by atoms with Crippen molar-refractivity contribution in [1.82, 2.24) is 0 Å². The number of benzene rings is 1. The standard InChI is InChI=1S/C16H25NO3/c1-16(2,3)20-15(18)14(10-17)9-12-6-5-7-13(8-12)11-19-4/h5-8,14H,9-11,17H2,1-4H3. The van der Waals surface area contributed by atoms with E-state index in [2.05, 4.69) is 0 Å². The van der Waals surface area contributed by atoms with Gasteiger partial charge in [-0.3, -0.25) is 4.79 Å². The van der Waals surface area contributed by atoms with Gasteiger partial charge in [-0.15, -0.1) is 0 Å². The van der Waals surface area contributed by atoms with Gasteiger partial charge in [0, 0.05) is 13.7 Å². The molecule has 20 heavy (non-hydrogen) atoms. The molecule has 1 aromatic rings. The van der Waals surface area contributed by atoms with E-state index in [0.29, 0.717) is 13.0 Å². The van der Waals surface area contributed by atoms with E-state index in [0.717, 1.165) is 11.1 Å². The third-order valence-electron chi connectivity index (χ3n) is 2.81. The summed E-state index contributed by atoms with van der Waals surface area (Å²) >= 11 is 0. The Labute approximate surface area is 121 Å². The number of hydrogen-bond donors (Lipinski definition) is 1. The van der Waals surface area contributed by atoms with Gasteiger partial charge < -0.3 is 15.2 Å². The predicted molar refractivity (Wildman–Crippen MR) is 79.2 cm³/mol. The zero-order valence-electron chi connectivity index (χ0n) is 12.8. The van der Waals surface area contributed by atoms with Gasteiger partial charge in [0.15, 0.2) is 0 Å². The van der Waals surface area contributed by atoms with Crippen molar-refractivity contribution in [3.05, 3.63) is 35.4 Å². The lowest BCUT2D eigenvalue weighted by molar-refractivity contribution is -0.159. The number of rotatable bonds is 6. The molecule has 1 unspecified atom stereocenters. The topological polar surface area (TPSA) is 61.5 Å². The molecule has 0 radical (unpaired) electrons. The first-order chi connectivity index (χ1) is 9.35. The Morgan fingerprint density at radius 3 is 2.50 bits per heavy atom. The normalized spacial score (nSPS) is 13.1. The van der Waals surface area contributed by atoms with Crippen LogP contribution in [0.3, 0.4) is 0 Å². The summed E-state index contributed by atoms with van der Waals surface area (Å²) in [5, 5.41) is 0. The lowest BCUT2D eigenvalue weighted by Crippen LogP contribution is -2.33. The summed E-state index contributed by atoms with van der Waals surface area (Å²) in [6.07, 6.45) is 0.586. The molecule has 0 spiro atoms. The van der Waals surface area contributed by atoms with Crippen molar-refractivity contribution >= 4 is 5.97 Å². The van der Waals surface area contributed by atoms with E-state index in [1.165, 1.54) is 0 Å². The van der Waals surface area contributed by atoms with Crippen LogP contribution < -0.4 is 5.73 Å². The molecule has 0 aliphatic heterocycles. The van der Waals surface area contributed by atoms with E-state index >= 15 is 0 Å². The van der Waals surface area contributed by atoms with Crippen LogP contribution in [0.4, 0.5) is 0 Å². The smallest absolute Gasteiger partial charge is 0.311 e. The summed E-state index contributed by atoms with van der Waals surface area (Å²) in [6.45, 7) is 6.42. The highest BCUT2D eigenvalue weighted by molar-refractivity contribution is 5.73. The third-order valence-corrected chi connectivity index (χ3v) is 2.81. The Balaban J connectivity index is 2.73. The average Bonchev–Trinajstić information content (AvgIpc) is 2.34. The van der Waals surface area contributed by atoms with Gasteiger partial charge in [0.1, 0.15) is 5.60 Å². The molecule has 0 saturated carbocycles. The van der Waals surface area contributed by atoms with E-state index in [4.69, 9.17) is 15.2 Å². The van der Waals surface area contributed by atoms with Crippen LogP contribution in [-0.2, 0) is 27.3 Å². The van der Waals surface area contributed by atoms with Crippen molar-refractivity contribution in [2.75, 3.05) is 13.7 Å². The van der Waals surface area contributed by atoms with Gasteiger partial charge in [-0.25, -0.2) is 0 Å². The number of carbonyl (C=O) groups is 1. The predicted octanol–water partition coefficient (Wildman–Crippen LogP) is 2.29. The highest BCUT2D eigenvalue weighted by atomic mass is 16.6. The monoisotopic (exact) mass is 279 g/mol. The lowest BCUT2D eigenvalue weighted by atomic mass is 9.98. The third kappa shape index (κ3) is 5.72. The number of nitrogens with two attached hydrogens (primary N) is 1. The Morgan fingerprint density at radius 2 is 1.95 bits per heavy atom. The molecule has 0 aliphatic rings. The fourth-order valence-electron chi connectivity index (χ4n) is 1.95. The van der Waals surface area contributed by atoms with Crippen LogP contribution in [0.2, 0.25) is 0 Å². The van der Waals surface area contributed by atoms with Gasteiger partial charge in [-0.2, -0.15) is 0 Å². The number of esters is 1. The minimum Gasteiger partial charge on any atom is -0.460 e. The Bertz CT molecular complexity index is 438. The molecule has 0 amide bonds. The Hall–Kier alpha value is -1.39. The molecule has 0 aromatic heterocycles. The summed E-state index contributed by atoms with van der Waals surface area (Å²) in [6, 6.07) is 7.99. The molecule has 1 aromatic carbocycles. The first kappa shape index (κ1) is 16.7. The van der Waals surface area contributed by atoms with Crippen LogP contribution in [0.15, 0.2) is 24.3 Å². The van der Waals surface area contributed by atoms with Crippen molar-refractivity contribution in [3.63, 3.8) is 0 Å². The van der Waals surface area contributed by atoms with Gasteiger partial charge >= 0.3 is 5.97 Å². The minimum atomic E-state index is -0.484. The molecule has 0 fully saturated rings. The van der Waals surface area contributed by atoms with Crippen LogP contribution in [0.25, 0.3) is 0 Å². The first-order valence-electron chi connectivity index (χ1n) is 6.85. The van der Waals surface area contributed by atoms with E-state index in [9.17, 15) is 4.79 Å². The van der Waals surface area contributed by atoms with E-state index in [1.807, 2.05) is 45.0 Å². The second-order valence-electron chi connectivity index (χ2n) is 5.92. The van der Waals surface area contributed by atoms with Crippen molar-refractivity contribution in [2.45, 2.75) is 39.4 Å². The second kappa shape index (κ2) is 7.41. The maximum atomic E-state index is 12.1. The maximum absolute atomic E-state index is 12.1. The van der Waals surface area contributed by atoms with E-state index in [1.54, 1.807) is 7.11 Å². The average molecular weight is 279 g/mol. The molecule has 0 bridgehead atoms. The highest BCUT2D eigenvalue weighted by Crippen LogP contribution is 2.16. The summed E-state index contributed by atoms with van der Waals surface area (Å²) in [5.41, 5.74) is 7.39. The quantitative estimate of drug-likeness (QED) is 0.812. The summed E-state index contributed by atoms with van der Waals surface area (Å²) < 4.78 is 10.5. The van der Waals surface area contributed by atoms with Gasteiger partial charge in [-0.05, 0) is 38.3 Å². The van der Waals surface area contributed by atoms with Gasteiger partial charge in [0.05, 0.1) is 12.5 Å². The van der Waals surface area contributed by atoms with Gasteiger partial charge in [0.2, 0.25) is 0 Å². The Morgan fingerprint density at radius 1 is 1.30 bits per heavy atom. The zero-order valence-corrected chi connectivity index (χ0v) is 12.8. The molecule has 0 heterocycles. The molecule has 2 N–H and O–H groups in total. The first-order valence-corrected chi connectivity index (χ1v) is 6.85. The molecule has 1 atom stereocenters. The molecule has 4 nitrogen and oxygen atoms in total. The van der Waals surface area contributed by atoms with Crippen LogP contribution in [-0.4, -0.2) is 25.2 Å². The van der Waals surface area contributed by atoms with Crippen LogP contribution in [0.1, 0.15) is 31.9 Å².